The number of alkyl halides is 1. The van der Waals surface area contributed by atoms with Crippen molar-refractivity contribution in [2.75, 3.05) is 0 Å². The summed E-state index contributed by atoms with van der Waals surface area (Å²) in [5.41, 5.74) is 0.688. The van der Waals surface area contributed by atoms with Crippen molar-refractivity contribution >= 4 is 28.9 Å². The Morgan fingerprint density at radius 2 is 2.22 bits per heavy atom. The zero-order chi connectivity index (χ0) is 13.3. The maximum Gasteiger partial charge on any atom is 0.295 e. The van der Waals surface area contributed by atoms with E-state index in [4.69, 9.17) is 23.2 Å². The molecule has 0 saturated carbocycles. The minimum Gasteiger partial charge on any atom is -0.258 e. The summed E-state index contributed by atoms with van der Waals surface area (Å²) >= 11 is 11.7. The molecule has 6 nitrogen and oxygen atoms in total. The van der Waals surface area contributed by atoms with Gasteiger partial charge in [0.05, 0.1) is 16.5 Å². The van der Waals surface area contributed by atoms with Crippen LogP contribution in [-0.4, -0.2) is 19.9 Å². The van der Waals surface area contributed by atoms with Crippen molar-refractivity contribution in [1.82, 2.24) is 15.0 Å². The summed E-state index contributed by atoms with van der Waals surface area (Å²) in [6.07, 6.45) is 1.54. The molecule has 18 heavy (non-hydrogen) atoms. The van der Waals surface area contributed by atoms with Crippen LogP contribution in [0.25, 0.3) is 5.69 Å². The van der Waals surface area contributed by atoms with E-state index in [1.54, 1.807) is 6.92 Å². The fourth-order valence-corrected chi connectivity index (χ4v) is 1.68. The van der Waals surface area contributed by atoms with Gasteiger partial charge in [-0.25, -0.2) is 4.68 Å². The van der Waals surface area contributed by atoms with Gasteiger partial charge < -0.3 is 0 Å². The van der Waals surface area contributed by atoms with Crippen LogP contribution in [0.2, 0.25) is 5.02 Å². The second-order valence-electron chi connectivity index (χ2n) is 3.59. The normalized spacial score (nSPS) is 12.4. The highest BCUT2D eigenvalue weighted by Crippen LogP contribution is 2.26. The van der Waals surface area contributed by atoms with Crippen LogP contribution in [0.4, 0.5) is 5.69 Å². The van der Waals surface area contributed by atoms with Gasteiger partial charge in [-0.3, -0.25) is 10.1 Å². The second-order valence-corrected chi connectivity index (χ2v) is 4.69. The number of hydrogen-bond acceptors (Lipinski definition) is 4. The summed E-state index contributed by atoms with van der Waals surface area (Å²) < 4.78 is 1.29. The molecule has 0 radical (unpaired) electrons. The lowest BCUT2D eigenvalue weighted by atomic mass is 10.2. The summed E-state index contributed by atoms with van der Waals surface area (Å²) in [6, 6.07) is 4.23. The van der Waals surface area contributed by atoms with Gasteiger partial charge in [0.2, 0.25) is 0 Å². The number of benzene rings is 1. The van der Waals surface area contributed by atoms with Crippen LogP contribution in [-0.2, 0) is 0 Å². The molecule has 0 amide bonds. The van der Waals surface area contributed by atoms with Crippen LogP contribution in [0, 0.1) is 10.1 Å². The Kier molecular flexibility index (Phi) is 3.49. The average Bonchev–Trinajstić information content (AvgIpc) is 2.77. The number of aromatic nitrogens is 3. The van der Waals surface area contributed by atoms with Gasteiger partial charge in [0.15, 0.2) is 0 Å². The minimum absolute atomic E-state index is 0.0990. The summed E-state index contributed by atoms with van der Waals surface area (Å²) in [5.74, 6) is 0. The van der Waals surface area contributed by atoms with Gasteiger partial charge in [-0.1, -0.05) is 16.8 Å². The number of halogens is 2. The summed E-state index contributed by atoms with van der Waals surface area (Å²) in [4.78, 5) is 10.4. The molecule has 1 heterocycles. The van der Waals surface area contributed by atoms with Crippen LogP contribution in [0.1, 0.15) is 18.0 Å². The zero-order valence-electron chi connectivity index (χ0n) is 9.25. The predicted octanol–water partition coefficient (Wildman–Crippen LogP) is 3.13. The number of rotatable bonds is 3. The molecule has 1 aromatic heterocycles. The van der Waals surface area contributed by atoms with Crippen molar-refractivity contribution in [3.63, 3.8) is 0 Å². The smallest absolute Gasteiger partial charge is 0.258 e. The Balaban J connectivity index is 2.54. The monoisotopic (exact) mass is 286 g/mol. The summed E-state index contributed by atoms with van der Waals surface area (Å²) in [6.45, 7) is 1.74. The van der Waals surface area contributed by atoms with E-state index in [9.17, 15) is 10.1 Å². The first kappa shape index (κ1) is 12.8. The van der Waals surface area contributed by atoms with Crippen LogP contribution in [0.3, 0.4) is 0 Å². The van der Waals surface area contributed by atoms with E-state index in [0.717, 1.165) is 0 Å². The fourth-order valence-electron chi connectivity index (χ4n) is 1.41. The van der Waals surface area contributed by atoms with Gasteiger partial charge in [-0.2, -0.15) is 0 Å². The topological polar surface area (TPSA) is 73.8 Å². The molecule has 0 spiro atoms. The van der Waals surface area contributed by atoms with Crippen molar-refractivity contribution in [1.29, 1.82) is 0 Å². The molecule has 94 valence electrons. The molecular weight excluding hydrogens is 279 g/mol. The van der Waals surface area contributed by atoms with Crippen LogP contribution in [0.15, 0.2) is 24.4 Å². The molecule has 8 heteroatoms. The van der Waals surface area contributed by atoms with Crippen LogP contribution >= 0.6 is 23.2 Å². The van der Waals surface area contributed by atoms with E-state index in [2.05, 4.69) is 10.3 Å². The Labute approximate surface area is 112 Å². The molecule has 2 rings (SSSR count). The molecule has 0 fully saturated rings. The van der Waals surface area contributed by atoms with E-state index in [1.165, 1.54) is 29.1 Å². The lowest BCUT2D eigenvalue weighted by molar-refractivity contribution is -0.384. The molecule has 0 aliphatic heterocycles. The quantitative estimate of drug-likeness (QED) is 0.494. The van der Waals surface area contributed by atoms with E-state index in [0.29, 0.717) is 10.7 Å². The Morgan fingerprint density at radius 3 is 2.78 bits per heavy atom. The van der Waals surface area contributed by atoms with Gasteiger partial charge in [-0.15, -0.1) is 16.7 Å². The average molecular weight is 287 g/mol. The van der Waals surface area contributed by atoms with Gasteiger partial charge in [0, 0.05) is 11.1 Å². The first-order chi connectivity index (χ1) is 8.49. The SMILES string of the molecule is CC(Cl)c1cn(-c2cc(Cl)ccc2[N+](=O)[O-])nn1. The Bertz CT molecular complexity index is 597. The van der Waals surface area contributed by atoms with E-state index >= 15 is 0 Å². The first-order valence-corrected chi connectivity index (χ1v) is 5.81. The third kappa shape index (κ3) is 2.44. The van der Waals surface area contributed by atoms with Crippen molar-refractivity contribution < 1.29 is 4.92 Å². The Hall–Kier alpha value is -1.66. The van der Waals surface area contributed by atoms with Crippen molar-refractivity contribution in [2.24, 2.45) is 0 Å². The zero-order valence-corrected chi connectivity index (χ0v) is 10.8. The molecular formula is C10H8Cl2N4O2. The summed E-state index contributed by atoms with van der Waals surface area (Å²) in [7, 11) is 0. The van der Waals surface area contributed by atoms with Crippen molar-refractivity contribution in [2.45, 2.75) is 12.3 Å². The van der Waals surface area contributed by atoms with E-state index in [-0.39, 0.29) is 16.8 Å². The number of nitrogens with zero attached hydrogens (tertiary/aromatic N) is 4. The van der Waals surface area contributed by atoms with Crippen LogP contribution < -0.4 is 0 Å². The molecule has 0 aliphatic carbocycles. The largest absolute Gasteiger partial charge is 0.295 e. The molecule has 1 aromatic carbocycles. The highest BCUT2D eigenvalue weighted by atomic mass is 35.5. The second kappa shape index (κ2) is 4.91. The molecule has 0 N–H and O–H groups in total. The molecule has 2 aromatic rings. The van der Waals surface area contributed by atoms with Gasteiger partial charge in [-0.05, 0) is 19.1 Å². The third-order valence-electron chi connectivity index (χ3n) is 2.30. The lowest BCUT2D eigenvalue weighted by Crippen LogP contribution is -2.00. The summed E-state index contributed by atoms with van der Waals surface area (Å²) in [5, 5.41) is 18.6. The molecule has 0 bridgehead atoms. The van der Waals surface area contributed by atoms with Gasteiger partial charge in [0.25, 0.3) is 5.69 Å². The fraction of sp³-hybridized carbons (Fsp3) is 0.200. The molecule has 1 unspecified atom stereocenters. The first-order valence-electron chi connectivity index (χ1n) is 4.99. The number of nitro groups is 1. The third-order valence-corrected chi connectivity index (χ3v) is 2.76. The Morgan fingerprint density at radius 1 is 1.50 bits per heavy atom. The highest BCUT2D eigenvalue weighted by Gasteiger charge is 2.18. The van der Waals surface area contributed by atoms with E-state index < -0.39 is 4.92 Å². The van der Waals surface area contributed by atoms with Gasteiger partial charge in [0.1, 0.15) is 11.4 Å². The van der Waals surface area contributed by atoms with Crippen molar-refractivity contribution in [3.8, 4) is 5.69 Å². The lowest BCUT2D eigenvalue weighted by Gasteiger charge is -2.02. The van der Waals surface area contributed by atoms with Crippen molar-refractivity contribution in [3.05, 3.63) is 45.2 Å². The highest BCUT2D eigenvalue weighted by molar-refractivity contribution is 6.30. The maximum atomic E-state index is 10.9. The molecule has 0 saturated heterocycles. The number of nitro benzene ring substituents is 1. The minimum atomic E-state index is -0.503. The maximum absolute atomic E-state index is 10.9. The van der Waals surface area contributed by atoms with Crippen LogP contribution in [0.5, 0.6) is 0 Å². The molecule has 1 atom stereocenters. The van der Waals surface area contributed by atoms with Gasteiger partial charge >= 0.3 is 0 Å². The standard InChI is InChI=1S/C10H8Cl2N4O2/c1-6(11)8-5-15(14-13-8)10-4-7(12)2-3-9(10)16(17)18/h2-6H,1H3. The number of hydrogen-bond donors (Lipinski definition) is 0. The van der Waals surface area contributed by atoms with E-state index in [1.807, 2.05) is 0 Å². The molecule has 0 aliphatic rings. The predicted molar refractivity (Wildman–Crippen MR) is 67.3 cm³/mol.